The average Bonchev–Trinajstić information content (AvgIpc) is 2.83. The van der Waals surface area contributed by atoms with E-state index in [2.05, 4.69) is 30.5 Å². The van der Waals surface area contributed by atoms with Crippen molar-refractivity contribution in [1.82, 2.24) is 4.90 Å². The number of carbonyl (C=O) groups excluding carboxylic acids is 1. The molecule has 5 heteroatoms. The fourth-order valence-electron chi connectivity index (χ4n) is 4.06. The molecule has 1 aromatic carbocycles. The highest BCUT2D eigenvalue weighted by Gasteiger charge is 2.13. The van der Waals surface area contributed by atoms with Gasteiger partial charge in [0, 0.05) is 32.1 Å². The lowest BCUT2D eigenvalue weighted by Crippen LogP contribution is -2.32. The molecular formula is C29H44ClN2O2+. The van der Waals surface area contributed by atoms with Gasteiger partial charge in [-0.2, -0.15) is 0 Å². The molecule has 2 aromatic rings. The van der Waals surface area contributed by atoms with Gasteiger partial charge >= 0.3 is 0 Å². The summed E-state index contributed by atoms with van der Waals surface area (Å²) in [4.78, 5) is 14.1. The first-order chi connectivity index (χ1) is 16.5. The molecule has 0 unspecified atom stereocenters. The predicted molar refractivity (Wildman–Crippen MR) is 141 cm³/mol. The number of nitrogens with zero attached hydrogens (tertiary/aromatic N) is 2. The van der Waals surface area contributed by atoms with E-state index in [1.807, 2.05) is 35.5 Å². The van der Waals surface area contributed by atoms with Gasteiger partial charge in [-0.1, -0.05) is 82.4 Å². The van der Waals surface area contributed by atoms with E-state index in [9.17, 15) is 4.79 Å². The highest BCUT2D eigenvalue weighted by Crippen LogP contribution is 2.26. The third-order valence-electron chi connectivity index (χ3n) is 6.27. The standard InChI is InChI=1S/C29H44ClN2O2/c1-4-6-7-8-9-10-11-12-13-14-21-34-29-16-15-27(22-28(29)30)24-32(25(3)33)23-26-17-19-31(5-2)20-18-26/h15-20,22H,4-14,21,23-24H2,1-3H3/q+1. The minimum absolute atomic E-state index is 0.0460. The van der Waals surface area contributed by atoms with E-state index in [1.54, 1.807) is 6.92 Å². The molecular weight excluding hydrogens is 444 g/mol. The van der Waals surface area contributed by atoms with Crippen molar-refractivity contribution in [3.8, 4) is 5.75 Å². The minimum atomic E-state index is 0.0460. The summed E-state index contributed by atoms with van der Waals surface area (Å²) in [7, 11) is 0. The average molecular weight is 488 g/mol. The van der Waals surface area contributed by atoms with Crippen LogP contribution in [0.15, 0.2) is 42.7 Å². The molecule has 1 amide bonds. The molecule has 0 aliphatic carbocycles. The summed E-state index contributed by atoms with van der Waals surface area (Å²) >= 11 is 6.49. The van der Waals surface area contributed by atoms with Gasteiger partial charge in [0.1, 0.15) is 12.3 Å². The Bertz CT molecular complexity index is 839. The monoisotopic (exact) mass is 487 g/mol. The summed E-state index contributed by atoms with van der Waals surface area (Å²) in [6.07, 6.45) is 17.2. The number of aromatic nitrogens is 1. The third-order valence-corrected chi connectivity index (χ3v) is 6.56. The fourth-order valence-corrected chi connectivity index (χ4v) is 4.31. The lowest BCUT2D eigenvalue weighted by atomic mass is 10.1. The van der Waals surface area contributed by atoms with E-state index in [-0.39, 0.29) is 5.91 Å². The zero-order chi connectivity index (χ0) is 24.6. The van der Waals surface area contributed by atoms with Crippen molar-refractivity contribution in [2.24, 2.45) is 0 Å². The van der Waals surface area contributed by atoms with Crippen LogP contribution in [0.25, 0.3) is 0 Å². The number of benzene rings is 1. The fraction of sp³-hybridized carbons (Fsp3) is 0.586. The summed E-state index contributed by atoms with van der Waals surface area (Å²) in [6, 6.07) is 9.99. The van der Waals surface area contributed by atoms with Crippen LogP contribution in [0, 0.1) is 0 Å². The summed E-state index contributed by atoms with van der Waals surface area (Å²) in [5, 5.41) is 0.608. The van der Waals surface area contributed by atoms with Gasteiger partial charge in [-0.15, -0.1) is 0 Å². The highest BCUT2D eigenvalue weighted by atomic mass is 35.5. The number of ether oxygens (including phenoxy) is 1. The van der Waals surface area contributed by atoms with Crippen LogP contribution in [0.4, 0.5) is 0 Å². The first-order valence-corrected chi connectivity index (χ1v) is 13.6. The van der Waals surface area contributed by atoms with Gasteiger partial charge in [0.2, 0.25) is 5.91 Å². The van der Waals surface area contributed by atoms with Crippen molar-refractivity contribution in [2.75, 3.05) is 6.61 Å². The third kappa shape index (κ3) is 10.9. The Morgan fingerprint density at radius 3 is 2.00 bits per heavy atom. The summed E-state index contributed by atoms with van der Waals surface area (Å²) in [6.45, 7) is 8.71. The van der Waals surface area contributed by atoms with Gasteiger partial charge in [0.15, 0.2) is 12.4 Å². The van der Waals surface area contributed by atoms with Crippen molar-refractivity contribution in [3.05, 3.63) is 58.9 Å². The molecule has 1 heterocycles. The van der Waals surface area contributed by atoms with Crippen LogP contribution in [0.5, 0.6) is 5.75 Å². The Hall–Kier alpha value is -2.07. The van der Waals surface area contributed by atoms with E-state index >= 15 is 0 Å². The molecule has 0 radical (unpaired) electrons. The number of rotatable bonds is 17. The van der Waals surface area contributed by atoms with Crippen LogP contribution in [0.2, 0.25) is 5.02 Å². The quantitative estimate of drug-likeness (QED) is 0.171. The van der Waals surface area contributed by atoms with Crippen molar-refractivity contribution >= 4 is 17.5 Å². The molecule has 34 heavy (non-hydrogen) atoms. The van der Waals surface area contributed by atoms with Gasteiger partial charge in [-0.05, 0) is 36.6 Å². The molecule has 1 aromatic heterocycles. The number of pyridine rings is 1. The first-order valence-electron chi connectivity index (χ1n) is 13.2. The number of unbranched alkanes of at least 4 members (excludes halogenated alkanes) is 9. The van der Waals surface area contributed by atoms with Crippen LogP contribution in [-0.2, 0) is 24.4 Å². The van der Waals surface area contributed by atoms with Gasteiger partial charge < -0.3 is 9.64 Å². The molecule has 0 fully saturated rings. The SMILES string of the molecule is CCCCCCCCCCCCOc1ccc(CN(Cc2cc[n+](CC)cc2)C(C)=O)cc1Cl. The van der Waals surface area contributed by atoms with Crippen molar-refractivity contribution in [1.29, 1.82) is 0 Å². The summed E-state index contributed by atoms with van der Waals surface area (Å²) in [5.74, 6) is 0.771. The number of amides is 1. The lowest BCUT2D eigenvalue weighted by molar-refractivity contribution is -0.693. The smallest absolute Gasteiger partial charge is 0.220 e. The Morgan fingerprint density at radius 1 is 0.853 bits per heavy atom. The van der Waals surface area contributed by atoms with Crippen LogP contribution in [-0.4, -0.2) is 17.4 Å². The second-order valence-corrected chi connectivity index (χ2v) is 9.61. The van der Waals surface area contributed by atoms with Crippen LogP contribution in [0.1, 0.15) is 96.1 Å². The molecule has 0 N–H and O–H groups in total. The maximum Gasteiger partial charge on any atom is 0.220 e. The Balaban J connectivity index is 1.72. The molecule has 0 aliphatic heterocycles. The van der Waals surface area contributed by atoms with Crippen molar-refractivity contribution in [3.63, 3.8) is 0 Å². The second kappa shape index (κ2) is 16.5. The number of aryl methyl sites for hydroxylation is 1. The Morgan fingerprint density at radius 2 is 1.44 bits per heavy atom. The summed E-state index contributed by atoms with van der Waals surface area (Å²) < 4.78 is 8.03. The first kappa shape index (κ1) is 28.2. The maximum absolute atomic E-state index is 12.2. The Labute approximate surface area is 212 Å². The normalized spacial score (nSPS) is 10.9. The number of halogens is 1. The molecule has 0 atom stereocenters. The zero-order valence-electron chi connectivity index (χ0n) is 21.5. The maximum atomic E-state index is 12.2. The van der Waals surface area contributed by atoms with Gasteiger partial charge in [-0.3, -0.25) is 4.79 Å². The van der Waals surface area contributed by atoms with E-state index in [0.29, 0.717) is 24.7 Å². The largest absolute Gasteiger partial charge is 0.492 e. The van der Waals surface area contributed by atoms with Crippen LogP contribution < -0.4 is 9.30 Å². The molecule has 0 aliphatic rings. The molecule has 0 saturated carbocycles. The number of carbonyl (C=O) groups is 1. The molecule has 188 valence electrons. The predicted octanol–water partition coefficient (Wildman–Crippen LogP) is 7.50. The molecule has 2 rings (SSSR count). The Kier molecular flexibility index (Phi) is 13.7. The minimum Gasteiger partial charge on any atom is -0.492 e. The topological polar surface area (TPSA) is 33.4 Å². The van der Waals surface area contributed by atoms with E-state index < -0.39 is 0 Å². The highest BCUT2D eigenvalue weighted by molar-refractivity contribution is 6.32. The second-order valence-electron chi connectivity index (χ2n) is 9.21. The van der Waals surface area contributed by atoms with E-state index in [0.717, 1.165) is 29.8 Å². The van der Waals surface area contributed by atoms with Crippen LogP contribution in [0.3, 0.4) is 0 Å². The van der Waals surface area contributed by atoms with Crippen molar-refractivity contribution < 1.29 is 14.1 Å². The molecule has 0 saturated heterocycles. The van der Waals surface area contributed by atoms with Gasteiger partial charge in [0.25, 0.3) is 0 Å². The summed E-state index contributed by atoms with van der Waals surface area (Å²) in [5.41, 5.74) is 2.12. The van der Waals surface area contributed by atoms with Gasteiger partial charge in [0.05, 0.1) is 11.6 Å². The number of hydrogen-bond acceptors (Lipinski definition) is 2. The van der Waals surface area contributed by atoms with Gasteiger partial charge in [-0.25, -0.2) is 4.57 Å². The molecule has 4 nitrogen and oxygen atoms in total. The molecule has 0 bridgehead atoms. The van der Waals surface area contributed by atoms with E-state index in [1.165, 1.54) is 57.8 Å². The lowest BCUT2D eigenvalue weighted by Gasteiger charge is -2.21. The van der Waals surface area contributed by atoms with E-state index in [4.69, 9.17) is 16.3 Å². The zero-order valence-corrected chi connectivity index (χ0v) is 22.3. The van der Waals surface area contributed by atoms with Crippen molar-refractivity contribution in [2.45, 2.75) is 105 Å². The number of hydrogen-bond donors (Lipinski definition) is 0. The molecule has 0 spiro atoms. The van der Waals surface area contributed by atoms with Crippen LogP contribution >= 0.6 is 11.6 Å².